The van der Waals surface area contributed by atoms with Crippen LogP contribution >= 0.6 is 0 Å². The van der Waals surface area contributed by atoms with Gasteiger partial charge in [-0.3, -0.25) is 19.7 Å². The lowest BCUT2D eigenvalue weighted by Gasteiger charge is -2.39. The molecule has 4 amide bonds. The third kappa shape index (κ3) is 8.97. The maximum Gasteiger partial charge on any atom is 0.328 e. The number of nitrogens with two attached hydrogens (primary N) is 1. The zero-order valence-corrected chi connectivity index (χ0v) is 29.6. The van der Waals surface area contributed by atoms with Crippen LogP contribution in [0.5, 0.6) is 0 Å². The van der Waals surface area contributed by atoms with E-state index in [1.807, 2.05) is 20.8 Å². The number of piperidine rings is 1. The Morgan fingerprint density at radius 3 is 2.19 bits per heavy atom. The van der Waals surface area contributed by atoms with E-state index in [4.69, 9.17) is 10.5 Å². The Hall–Kier alpha value is -2.99. The van der Waals surface area contributed by atoms with E-state index in [2.05, 4.69) is 36.7 Å². The SMILES string of the molecule is CC(CCC(C)C)=C1[C@H]2[C@@H]1CN(C(=O)[C@@H](NC(=O)N[C@H](C(=O)OCC1CC1)C1CC1)C(C)(C)C)[C@@H]2C(O)NC(CC1CC1)C(=O)C(N)=O. The topological polar surface area (TPSA) is 180 Å². The van der Waals surface area contributed by atoms with E-state index < -0.39 is 59.5 Å². The Morgan fingerprint density at radius 2 is 1.65 bits per heavy atom. The molecule has 0 spiro atoms. The molecule has 4 aliphatic carbocycles. The van der Waals surface area contributed by atoms with Crippen molar-refractivity contribution in [2.45, 2.75) is 130 Å². The van der Waals surface area contributed by atoms with Crippen molar-refractivity contribution in [3.63, 3.8) is 0 Å². The normalized spacial score (nSPS) is 27.0. The first-order chi connectivity index (χ1) is 22.6. The Labute approximate surface area is 284 Å². The number of hydrogen-bond donors (Lipinski definition) is 5. The number of nitrogens with zero attached hydrogens (tertiary/aromatic N) is 1. The van der Waals surface area contributed by atoms with Gasteiger partial charge in [0.15, 0.2) is 0 Å². The molecule has 5 aliphatic rings. The lowest BCUT2D eigenvalue weighted by molar-refractivity contribution is -0.147. The average molecular weight is 672 g/mol. The van der Waals surface area contributed by atoms with Crippen molar-refractivity contribution < 1.29 is 33.8 Å². The zero-order valence-electron chi connectivity index (χ0n) is 29.6. The highest BCUT2D eigenvalue weighted by molar-refractivity contribution is 6.37. The summed E-state index contributed by atoms with van der Waals surface area (Å²) in [6.07, 6.45) is 6.66. The number of rotatable bonds is 17. The van der Waals surface area contributed by atoms with Crippen molar-refractivity contribution in [1.29, 1.82) is 0 Å². The molecule has 5 rings (SSSR count). The number of Topliss-reactive ketones (excluding diaryl/α,β-unsaturated/α-hetero) is 1. The Balaban J connectivity index is 1.33. The fourth-order valence-electron chi connectivity index (χ4n) is 7.27. The first-order valence-corrected chi connectivity index (χ1v) is 18.1. The molecule has 0 radical (unpaired) electrons. The Morgan fingerprint density at radius 1 is 1.00 bits per heavy atom. The highest BCUT2D eigenvalue weighted by atomic mass is 16.5. The van der Waals surface area contributed by atoms with Gasteiger partial charge in [0.2, 0.25) is 11.7 Å². The number of esters is 1. The molecule has 0 aromatic heterocycles. The van der Waals surface area contributed by atoms with Crippen LogP contribution in [-0.2, 0) is 23.9 Å². The lowest BCUT2D eigenvalue weighted by atomic mass is 9.85. The molecule has 0 bridgehead atoms. The number of ether oxygens (including phenoxy) is 1. The number of ketones is 1. The van der Waals surface area contributed by atoms with Crippen molar-refractivity contribution in [2.75, 3.05) is 13.2 Å². The Bertz CT molecular complexity index is 1300. The largest absolute Gasteiger partial charge is 0.464 e. The number of primary amides is 1. The van der Waals surface area contributed by atoms with Crippen LogP contribution in [0, 0.1) is 40.9 Å². The van der Waals surface area contributed by atoms with Crippen LogP contribution in [0.25, 0.3) is 0 Å². The molecule has 7 atom stereocenters. The summed E-state index contributed by atoms with van der Waals surface area (Å²) in [6, 6.07) is -4.03. The van der Waals surface area contributed by atoms with Crippen LogP contribution in [-0.4, -0.2) is 83.2 Å². The minimum atomic E-state index is -1.30. The van der Waals surface area contributed by atoms with Crippen LogP contribution in [0.15, 0.2) is 11.1 Å². The summed E-state index contributed by atoms with van der Waals surface area (Å²) in [5.74, 6) is -1.44. The van der Waals surface area contributed by atoms with Crippen molar-refractivity contribution in [3.8, 4) is 0 Å². The third-order valence-corrected chi connectivity index (χ3v) is 10.8. The number of fused-ring (bicyclic) bond motifs is 1. The molecular weight excluding hydrogens is 614 g/mol. The van der Waals surface area contributed by atoms with E-state index in [0.29, 0.717) is 31.4 Å². The highest BCUT2D eigenvalue weighted by Gasteiger charge is 2.62. The number of urea groups is 1. The molecule has 12 heteroatoms. The summed E-state index contributed by atoms with van der Waals surface area (Å²) >= 11 is 0. The van der Waals surface area contributed by atoms with Crippen molar-refractivity contribution >= 4 is 29.6 Å². The molecule has 48 heavy (non-hydrogen) atoms. The van der Waals surface area contributed by atoms with E-state index in [-0.39, 0.29) is 29.6 Å². The van der Waals surface area contributed by atoms with Gasteiger partial charge in [0.25, 0.3) is 5.91 Å². The molecule has 5 fully saturated rings. The molecule has 268 valence electrons. The summed E-state index contributed by atoms with van der Waals surface area (Å²) in [6.45, 7) is 12.8. The summed E-state index contributed by atoms with van der Waals surface area (Å²) in [5, 5.41) is 20.4. The molecule has 6 N–H and O–H groups in total. The van der Waals surface area contributed by atoms with Gasteiger partial charge in [-0.25, -0.2) is 9.59 Å². The van der Waals surface area contributed by atoms with E-state index in [1.54, 1.807) is 4.90 Å². The Kier molecular flexibility index (Phi) is 10.9. The molecule has 0 aromatic carbocycles. The quantitative estimate of drug-likeness (QED) is 0.0678. The number of nitrogens with one attached hydrogen (secondary N) is 3. The van der Waals surface area contributed by atoms with Gasteiger partial charge in [-0.15, -0.1) is 0 Å². The van der Waals surface area contributed by atoms with Crippen LogP contribution in [0.3, 0.4) is 0 Å². The fraction of sp³-hybridized carbons (Fsp3) is 0.806. The fourth-order valence-corrected chi connectivity index (χ4v) is 7.27. The van der Waals surface area contributed by atoms with Crippen molar-refractivity contribution in [2.24, 2.45) is 46.7 Å². The minimum Gasteiger partial charge on any atom is -0.464 e. The van der Waals surface area contributed by atoms with Gasteiger partial charge in [-0.1, -0.05) is 58.6 Å². The van der Waals surface area contributed by atoms with Gasteiger partial charge < -0.3 is 31.1 Å². The molecule has 2 unspecified atom stereocenters. The maximum absolute atomic E-state index is 14.5. The minimum absolute atomic E-state index is 0.0124. The number of likely N-dealkylation sites (tertiary alicyclic amines) is 1. The van der Waals surface area contributed by atoms with Gasteiger partial charge >= 0.3 is 12.0 Å². The van der Waals surface area contributed by atoms with Gasteiger partial charge in [0, 0.05) is 18.4 Å². The van der Waals surface area contributed by atoms with Crippen molar-refractivity contribution in [1.82, 2.24) is 20.9 Å². The van der Waals surface area contributed by atoms with E-state index in [0.717, 1.165) is 51.4 Å². The van der Waals surface area contributed by atoms with Crippen LogP contribution in [0.1, 0.15) is 99.3 Å². The van der Waals surface area contributed by atoms with Gasteiger partial charge in [0.1, 0.15) is 18.3 Å². The van der Waals surface area contributed by atoms with Gasteiger partial charge in [0.05, 0.1) is 18.7 Å². The number of allylic oxidation sites excluding steroid dienone is 1. The van der Waals surface area contributed by atoms with Crippen LogP contribution in [0.4, 0.5) is 4.79 Å². The molecular formula is C36H57N5O7. The zero-order chi connectivity index (χ0) is 35.1. The summed E-state index contributed by atoms with van der Waals surface area (Å²) in [7, 11) is 0. The van der Waals surface area contributed by atoms with E-state index in [9.17, 15) is 29.1 Å². The summed E-state index contributed by atoms with van der Waals surface area (Å²) in [4.78, 5) is 67.1. The first-order valence-electron chi connectivity index (χ1n) is 18.1. The number of amides is 4. The summed E-state index contributed by atoms with van der Waals surface area (Å²) < 4.78 is 5.49. The van der Waals surface area contributed by atoms with Gasteiger partial charge in [-0.05, 0) is 81.0 Å². The molecule has 1 saturated heterocycles. The third-order valence-electron chi connectivity index (χ3n) is 10.8. The predicted octanol–water partition coefficient (Wildman–Crippen LogP) is 2.77. The molecule has 12 nitrogen and oxygen atoms in total. The van der Waals surface area contributed by atoms with E-state index >= 15 is 0 Å². The second kappa shape index (κ2) is 14.5. The number of aliphatic hydroxyl groups excluding tert-OH is 1. The lowest BCUT2D eigenvalue weighted by Crippen LogP contribution is -2.62. The predicted molar refractivity (Wildman–Crippen MR) is 179 cm³/mol. The number of hydrogen-bond acceptors (Lipinski definition) is 8. The first kappa shape index (κ1) is 36.3. The second-order valence-corrected chi connectivity index (χ2v) is 16.7. The monoisotopic (exact) mass is 671 g/mol. The standard InChI is InChI=1S/C36H57N5O7/c1-18(2)7-8-19(3)25-23-16-41(28(26(23)25)32(44)38-24(15-20-9-10-20)29(42)31(37)43)33(45)30(36(4,5)6)40-35(47)39-27(22-13-14-22)34(46)48-17-21-11-12-21/h18,20-24,26-28,30,32,38,44H,7-17H2,1-6H3,(H2,37,43)(H2,39,40,47)/t23-,24?,26-,27+,28+,30-,32?/m1/s1. The molecule has 1 aliphatic heterocycles. The van der Waals surface area contributed by atoms with Gasteiger partial charge in [-0.2, -0.15) is 0 Å². The summed E-state index contributed by atoms with van der Waals surface area (Å²) in [5.41, 5.74) is 7.16. The highest BCUT2D eigenvalue weighted by Crippen LogP contribution is 2.58. The smallest absolute Gasteiger partial charge is 0.328 e. The van der Waals surface area contributed by atoms with Crippen LogP contribution < -0.4 is 21.7 Å². The molecule has 4 saturated carbocycles. The number of aliphatic hydroxyl groups is 1. The second-order valence-electron chi connectivity index (χ2n) is 16.7. The average Bonchev–Trinajstić information content (AvgIpc) is 3.81. The molecule has 1 heterocycles. The number of carbonyl (C=O) groups excluding carboxylic acids is 5. The molecule has 0 aromatic rings. The van der Waals surface area contributed by atoms with Crippen LogP contribution in [0.2, 0.25) is 0 Å². The maximum atomic E-state index is 14.5. The van der Waals surface area contributed by atoms with Crippen molar-refractivity contribution in [3.05, 3.63) is 11.1 Å². The van der Waals surface area contributed by atoms with E-state index in [1.165, 1.54) is 11.1 Å². The number of carbonyl (C=O) groups is 5.